The highest BCUT2D eigenvalue weighted by molar-refractivity contribution is 5.90. The molecule has 8 heteroatoms. The lowest BCUT2D eigenvalue weighted by Gasteiger charge is -2.29. The highest BCUT2D eigenvalue weighted by Crippen LogP contribution is 2.19. The van der Waals surface area contributed by atoms with E-state index < -0.39 is 0 Å². The molecule has 1 aromatic heterocycles. The summed E-state index contributed by atoms with van der Waals surface area (Å²) < 4.78 is 0. The number of hydrogen-bond donors (Lipinski definition) is 4. The summed E-state index contributed by atoms with van der Waals surface area (Å²) in [7, 11) is 0. The van der Waals surface area contributed by atoms with Crippen LogP contribution in [0.1, 0.15) is 48.5 Å². The Morgan fingerprint density at radius 1 is 1.19 bits per heavy atom. The van der Waals surface area contributed by atoms with Gasteiger partial charge < -0.3 is 21.4 Å². The van der Waals surface area contributed by atoms with E-state index in [0.29, 0.717) is 18.8 Å². The van der Waals surface area contributed by atoms with Crippen molar-refractivity contribution in [1.29, 1.82) is 0 Å². The SMILES string of the molecule is Cc1nnc(C(=O)N[C@H]2CC[C@H](NC(=O)CCN)CC2)[nH]1. The normalized spacial score (nSPS) is 21.8. The van der Waals surface area contributed by atoms with E-state index in [-0.39, 0.29) is 29.7 Å². The third-order valence-corrected chi connectivity index (χ3v) is 3.61. The number of hydrogen-bond acceptors (Lipinski definition) is 5. The first-order valence-corrected chi connectivity index (χ1v) is 7.28. The molecule has 1 aromatic rings. The largest absolute Gasteiger partial charge is 0.353 e. The molecule has 0 bridgehead atoms. The van der Waals surface area contributed by atoms with Crippen molar-refractivity contribution in [2.45, 2.75) is 51.1 Å². The zero-order valence-corrected chi connectivity index (χ0v) is 12.2. The van der Waals surface area contributed by atoms with Gasteiger partial charge in [-0.25, -0.2) is 0 Å². The quantitative estimate of drug-likeness (QED) is 0.589. The van der Waals surface area contributed by atoms with Crippen molar-refractivity contribution in [2.75, 3.05) is 6.54 Å². The first-order valence-electron chi connectivity index (χ1n) is 7.28. The van der Waals surface area contributed by atoms with Gasteiger partial charge in [-0.1, -0.05) is 0 Å². The number of carbonyl (C=O) groups excluding carboxylic acids is 2. The second-order valence-electron chi connectivity index (χ2n) is 5.39. The second kappa shape index (κ2) is 7.16. The molecule has 0 spiro atoms. The van der Waals surface area contributed by atoms with E-state index >= 15 is 0 Å². The fourth-order valence-electron chi connectivity index (χ4n) is 2.52. The number of rotatable bonds is 5. The molecule has 0 atom stereocenters. The van der Waals surface area contributed by atoms with Gasteiger partial charge in [-0.05, 0) is 32.6 Å². The van der Waals surface area contributed by atoms with Crippen molar-refractivity contribution in [2.24, 2.45) is 5.73 Å². The van der Waals surface area contributed by atoms with Gasteiger partial charge in [0.1, 0.15) is 5.82 Å². The van der Waals surface area contributed by atoms with Crippen LogP contribution in [0, 0.1) is 6.92 Å². The number of aromatic nitrogens is 3. The van der Waals surface area contributed by atoms with Crippen LogP contribution in [0.2, 0.25) is 0 Å². The first-order chi connectivity index (χ1) is 10.1. The van der Waals surface area contributed by atoms with Gasteiger partial charge >= 0.3 is 0 Å². The highest BCUT2D eigenvalue weighted by atomic mass is 16.2. The minimum absolute atomic E-state index is 0.00196. The first kappa shape index (κ1) is 15.4. The lowest BCUT2D eigenvalue weighted by Crippen LogP contribution is -2.44. The van der Waals surface area contributed by atoms with Crippen LogP contribution in [0.4, 0.5) is 0 Å². The molecule has 0 radical (unpaired) electrons. The molecular weight excluding hydrogens is 272 g/mol. The number of nitrogens with zero attached hydrogens (tertiary/aromatic N) is 2. The van der Waals surface area contributed by atoms with Crippen molar-refractivity contribution >= 4 is 11.8 Å². The van der Waals surface area contributed by atoms with Crippen LogP contribution in [0.3, 0.4) is 0 Å². The van der Waals surface area contributed by atoms with Gasteiger partial charge in [-0.2, -0.15) is 0 Å². The van der Waals surface area contributed by atoms with Gasteiger partial charge in [0.15, 0.2) is 0 Å². The van der Waals surface area contributed by atoms with E-state index in [2.05, 4.69) is 25.8 Å². The van der Waals surface area contributed by atoms with Crippen LogP contribution < -0.4 is 16.4 Å². The van der Waals surface area contributed by atoms with E-state index in [1.54, 1.807) is 6.92 Å². The number of aromatic amines is 1. The summed E-state index contributed by atoms with van der Waals surface area (Å²) >= 11 is 0. The number of H-pyrrole nitrogens is 1. The van der Waals surface area contributed by atoms with E-state index in [9.17, 15) is 9.59 Å². The molecular formula is C13H22N6O2. The molecule has 0 unspecified atom stereocenters. The predicted molar refractivity (Wildman–Crippen MR) is 76.4 cm³/mol. The van der Waals surface area contributed by atoms with Gasteiger partial charge in [0.2, 0.25) is 11.7 Å². The average Bonchev–Trinajstić information content (AvgIpc) is 2.88. The van der Waals surface area contributed by atoms with Gasteiger partial charge in [-0.3, -0.25) is 9.59 Å². The molecule has 0 aromatic carbocycles. The van der Waals surface area contributed by atoms with E-state index in [1.165, 1.54) is 0 Å². The second-order valence-corrected chi connectivity index (χ2v) is 5.39. The Bertz CT molecular complexity index is 493. The molecule has 2 rings (SSSR count). The molecule has 21 heavy (non-hydrogen) atoms. The van der Waals surface area contributed by atoms with Crippen molar-refractivity contribution in [3.05, 3.63) is 11.6 Å². The van der Waals surface area contributed by atoms with Crippen LogP contribution in [-0.4, -0.2) is 45.6 Å². The number of nitrogens with two attached hydrogens (primary N) is 1. The van der Waals surface area contributed by atoms with Crippen molar-refractivity contribution in [3.8, 4) is 0 Å². The van der Waals surface area contributed by atoms with Crippen molar-refractivity contribution in [3.63, 3.8) is 0 Å². The average molecular weight is 294 g/mol. The molecule has 0 aliphatic heterocycles. The van der Waals surface area contributed by atoms with Crippen LogP contribution >= 0.6 is 0 Å². The number of aryl methyl sites for hydroxylation is 1. The molecule has 1 saturated carbocycles. The molecule has 1 aliphatic carbocycles. The smallest absolute Gasteiger partial charge is 0.289 e. The molecule has 1 fully saturated rings. The number of nitrogens with one attached hydrogen (secondary N) is 3. The molecule has 8 nitrogen and oxygen atoms in total. The van der Waals surface area contributed by atoms with E-state index in [0.717, 1.165) is 25.7 Å². The maximum atomic E-state index is 11.9. The summed E-state index contributed by atoms with van der Waals surface area (Å²) in [5.41, 5.74) is 5.35. The molecule has 1 heterocycles. The van der Waals surface area contributed by atoms with Gasteiger partial charge in [0, 0.05) is 25.0 Å². The number of carbonyl (C=O) groups is 2. The Kier molecular flexibility index (Phi) is 5.26. The highest BCUT2D eigenvalue weighted by Gasteiger charge is 2.24. The van der Waals surface area contributed by atoms with E-state index in [4.69, 9.17) is 5.73 Å². The fraction of sp³-hybridized carbons (Fsp3) is 0.692. The lowest BCUT2D eigenvalue weighted by atomic mass is 9.91. The lowest BCUT2D eigenvalue weighted by molar-refractivity contribution is -0.121. The molecule has 2 amide bonds. The Morgan fingerprint density at radius 3 is 2.33 bits per heavy atom. The fourth-order valence-corrected chi connectivity index (χ4v) is 2.52. The Balaban J connectivity index is 1.74. The maximum Gasteiger partial charge on any atom is 0.289 e. The summed E-state index contributed by atoms with van der Waals surface area (Å²) in [6.07, 6.45) is 3.76. The third kappa shape index (κ3) is 4.52. The third-order valence-electron chi connectivity index (χ3n) is 3.61. The predicted octanol–water partition coefficient (Wildman–Crippen LogP) is -0.381. The van der Waals surface area contributed by atoms with Crippen LogP contribution in [0.15, 0.2) is 0 Å². The Morgan fingerprint density at radius 2 is 1.81 bits per heavy atom. The summed E-state index contributed by atoms with van der Waals surface area (Å²) in [6, 6.07) is 0.301. The zero-order chi connectivity index (χ0) is 15.2. The zero-order valence-electron chi connectivity index (χ0n) is 12.2. The minimum atomic E-state index is -0.230. The van der Waals surface area contributed by atoms with Gasteiger partial charge in [0.25, 0.3) is 5.91 Å². The van der Waals surface area contributed by atoms with Gasteiger partial charge in [-0.15, -0.1) is 10.2 Å². The molecule has 1 aliphatic rings. The topological polar surface area (TPSA) is 126 Å². The Labute approximate surface area is 123 Å². The number of amides is 2. The monoisotopic (exact) mass is 294 g/mol. The van der Waals surface area contributed by atoms with Crippen molar-refractivity contribution < 1.29 is 9.59 Å². The molecule has 5 N–H and O–H groups in total. The van der Waals surface area contributed by atoms with Gasteiger partial charge in [0.05, 0.1) is 0 Å². The standard InChI is InChI=1S/C13H22N6O2/c1-8-15-12(19-18-8)13(21)17-10-4-2-9(3-5-10)16-11(20)6-7-14/h9-10H,2-7,14H2,1H3,(H,16,20)(H,17,21)(H,15,18,19)/t9-,10-. The summed E-state index contributed by atoms with van der Waals surface area (Å²) in [4.78, 5) is 26.2. The summed E-state index contributed by atoms with van der Waals surface area (Å²) in [5.74, 6) is 0.630. The minimum Gasteiger partial charge on any atom is -0.353 e. The maximum absolute atomic E-state index is 11.9. The summed E-state index contributed by atoms with van der Waals surface area (Å²) in [6.45, 7) is 2.12. The van der Waals surface area contributed by atoms with Crippen molar-refractivity contribution in [1.82, 2.24) is 25.8 Å². The summed E-state index contributed by atoms with van der Waals surface area (Å²) in [5, 5.41) is 13.4. The molecule has 0 saturated heterocycles. The van der Waals surface area contributed by atoms with Crippen LogP contribution in [0.25, 0.3) is 0 Å². The molecule has 116 valence electrons. The van der Waals surface area contributed by atoms with Crippen LogP contribution in [-0.2, 0) is 4.79 Å². The van der Waals surface area contributed by atoms with Crippen LogP contribution in [0.5, 0.6) is 0 Å². The Hall–Kier alpha value is -1.96. The van der Waals surface area contributed by atoms with E-state index in [1.807, 2.05) is 0 Å².